The molecule has 0 aliphatic rings. The standard InChI is InChI=1S/C14H18O4/c1-4-16-12-7-6-8-13(9-12)18-10-11(3)14(15)17-5-2/h6-10H,4-5H2,1-3H3. The molecule has 1 rings (SSSR count). The molecule has 0 unspecified atom stereocenters. The van der Waals surface area contributed by atoms with Gasteiger partial charge in [0.2, 0.25) is 0 Å². The van der Waals surface area contributed by atoms with Gasteiger partial charge in [0.15, 0.2) is 0 Å². The lowest BCUT2D eigenvalue weighted by Crippen LogP contribution is -2.06. The van der Waals surface area contributed by atoms with E-state index in [2.05, 4.69) is 0 Å². The summed E-state index contributed by atoms with van der Waals surface area (Å²) in [6.45, 7) is 6.27. The fraction of sp³-hybridized carbons (Fsp3) is 0.357. The van der Waals surface area contributed by atoms with Crippen molar-refractivity contribution in [3.8, 4) is 11.5 Å². The van der Waals surface area contributed by atoms with Gasteiger partial charge in [-0.1, -0.05) is 6.07 Å². The maximum absolute atomic E-state index is 11.3. The Bertz CT molecular complexity index is 424. The Kier molecular flexibility index (Phi) is 5.77. The van der Waals surface area contributed by atoms with Crippen LogP contribution in [0.2, 0.25) is 0 Å². The van der Waals surface area contributed by atoms with Gasteiger partial charge in [-0.15, -0.1) is 0 Å². The third-order valence-corrected chi connectivity index (χ3v) is 2.09. The third-order valence-electron chi connectivity index (χ3n) is 2.09. The fourth-order valence-corrected chi connectivity index (χ4v) is 1.25. The molecule has 0 heterocycles. The number of ether oxygens (including phenoxy) is 3. The molecular weight excluding hydrogens is 232 g/mol. The molecule has 0 spiro atoms. The van der Waals surface area contributed by atoms with Crippen molar-refractivity contribution >= 4 is 5.97 Å². The summed E-state index contributed by atoms with van der Waals surface area (Å²) < 4.78 is 15.6. The topological polar surface area (TPSA) is 44.8 Å². The minimum Gasteiger partial charge on any atom is -0.494 e. The maximum Gasteiger partial charge on any atom is 0.336 e. The van der Waals surface area contributed by atoms with E-state index in [1.807, 2.05) is 19.1 Å². The molecule has 0 aromatic heterocycles. The van der Waals surface area contributed by atoms with E-state index < -0.39 is 0 Å². The van der Waals surface area contributed by atoms with Gasteiger partial charge in [0.05, 0.1) is 18.8 Å². The Labute approximate surface area is 107 Å². The molecule has 0 N–H and O–H groups in total. The molecule has 98 valence electrons. The predicted octanol–water partition coefficient (Wildman–Crippen LogP) is 2.93. The number of benzene rings is 1. The van der Waals surface area contributed by atoms with Crippen molar-refractivity contribution in [2.24, 2.45) is 0 Å². The van der Waals surface area contributed by atoms with E-state index in [0.717, 1.165) is 5.75 Å². The van der Waals surface area contributed by atoms with Gasteiger partial charge >= 0.3 is 5.97 Å². The van der Waals surface area contributed by atoms with E-state index in [0.29, 0.717) is 24.5 Å². The van der Waals surface area contributed by atoms with Crippen molar-refractivity contribution in [3.63, 3.8) is 0 Å². The Hall–Kier alpha value is -1.97. The number of hydrogen-bond donors (Lipinski definition) is 0. The Morgan fingerprint density at radius 1 is 1.22 bits per heavy atom. The van der Waals surface area contributed by atoms with E-state index in [4.69, 9.17) is 14.2 Å². The van der Waals surface area contributed by atoms with Gasteiger partial charge in [0, 0.05) is 6.07 Å². The normalized spacial score (nSPS) is 10.9. The van der Waals surface area contributed by atoms with Crippen molar-refractivity contribution in [1.29, 1.82) is 0 Å². The number of carbonyl (C=O) groups is 1. The van der Waals surface area contributed by atoms with Crippen LogP contribution in [0.25, 0.3) is 0 Å². The summed E-state index contributed by atoms with van der Waals surface area (Å²) >= 11 is 0. The molecule has 0 fully saturated rings. The highest BCUT2D eigenvalue weighted by atomic mass is 16.5. The van der Waals surface area contributed by atoms with Gasteiger partial charge in [0.25, 0.3) is 0 Å². The first-order chi connectivity index (χ1) is 8.67. The molecule has 0 saturated heterocycles. The van der Waals surface area contributed by atoms with Gasteiger partial charge < -0.3 is 14.2 Å². The molecule has 1 aromatic rings. The van der Waals surface area contributed by atoms with Crippen LogP contribution in [-0.2, 0) is 9.53 Å². The number of carbonyl (C=O) groups excluding carboxylic acids is 1. The zero-order valence-electron chi connectivity index (χ0n) is 10.9. The summed E-state index contributed by atoms with van der Waals surface area (Å²) in [6, 6.07) is 7.22. The van der Waals surface area contributed by atoms with Crippen molar-refractivity contribution < 1.29 is 19.0 Å². The summed E-state index contributed by atoms with van der Waals surface area (Å²) in [7, 11) is 0. The monoisotopic (exact) mass is 250 g/mol. The van der Waals surface area contributed by atoms with E-state index in [9.17, 15) is 4.79 Å². The van der Waals surface area contributed by atoms with Gasteiger partial charge in [0.1, 0.15) is 17.8 Å². The van der Waals surface area contributed by atoms with E-state index in [1.54, 1.807) is 26.0 Å². The van der Waals surface area contributed by atoms with E-state index in [-0.39, 0.29) is 5.97 Å². The van der Waals surface area contributed by atoms with Gasteiger partial charge in [-0.05, 0) is 32.9 Å². The van der Waals surface area contributed by atoms with E-state index >= 15 is 0 Å². The molecule has 0 aliphatic carbocycles. The molecule has 1 aromatic carbocycles. The first-order valence-electron chi connectivity index (χ1n) is 5.90. The zero-order chi connectivity index (χ0) is 13.4. The number of esters is 1. The van der Waals surface area contributed by atoms with Crippen LogP contribution in [0, 0.1) is 0 Å². The molecular formula is C14H18O4. The smallest absolute Gasteiger partial charge is 0.336 e. The molecule has 0 radical (unpaired) electrons. The highest BCUT2D eigenvalue weighted by molar-refractivity contribution is 5.87. The molecule has 0 amide bonds. The summed E-state index contributed by atoms with van der Waals surface area (Å²) in [6.07, 6.45) is 1.38. The quantitative estimate of drug-likeness (QED) is 0.442. The molecule has 0 saturated carbocycles. The number of rotatable bonds is 6. The first kappa shape index (κ1) is 14.1. The highest BCUT2D eigenvalue weighted by Gasteiger charge is 2.04. The maximum atomic E-state index is 11.3. The third kappa shape index (κ3) is 4.49. The summed E-state index contributed by atoms with van der Waals surface area (Å²) in [4.78, 5) is 11.3. The van der Waals surface area contributed by atoms with Crippen LogP contribution >= 0.6 is 0 Å². The lowest BCUT2D eigenvalue weighted by atomic mass is 10.3. The van der Waals surface area contributed by atoms with Crippen LogP contribution in [0.15, 0.2) is 36.1 Å². The molecule has 0 atom stereocenters. The molecule has 18 heavy (non-hydrogen) atoms. The lowest BCUT2D eigenvalue weighted by molar-refractivity contribution is -0.138. The van der Waals surface area contributed by atoms with Crippen LogP contribution in [0.1, 0.15) is 20.8 Å². The second-order valence-corrected chi connectivity index (χ2v) is 3.55. The highest BCUT2D eigenvalue weighted by Crippen LogP contribution is 2.19. The average molecular weight is 250 g/mol. The lowest BCUT2D eigenvalue weighted by Gasteiger charge is -2.06. The largest absolute Gasteiger partial charge is 0.494 e. The molecule has 4 heteroatoms. The Morgan fingerprint density at radius 3 is 2.61 bits per heavy atom. The Morgan fingerprint density at radius 2 is 1.94 bits per heavy atom. The van der Waals surface area contributed by atoms with Crippen LogP contribution in [-0.4, -0.2) is 19.2 Å². The minimum absolute atomic E-state index is 0.351. The molecule has 0 aliphatic heterocycles. The van der Waals surface area contributed by atoms with Crippen LogP contribution in [0.5, 0.6) is 11.5 Å². The van der Waals surface area contributed by atoms with E-state index in [1.165, 1.54) is 6.26 Å². The van der Waals surface area contributed by atoms with Crippen LogP contribution < -0.4 is 9.47 Å². The van der Waals surface area contributed by atoms with Gasteiger partial charge in [-0.3, -0.25) is 0 Å². The zero-order valence-corrected chi connectivity index (χ0v) is 10.9. The van der Waals surface area contributed by atoms with Crippen molar-refractivity contribution in [2.75, 3.05) is 13.2 Å². The van der Waals surface area contributed by atoms with Crippen LogP contribution in [0.4, 0.5) is 0 Å². The Balaban J connectivity index is 2.64. The molecule has 4 nitrogen and oxygen atoms in total. The average Bonchev–Trinajstić information content (AvgIpc) is 2.37. The van der Waals surface area contributed by atoms with Crippen molar-refractivity contribution in [3.05, 3.63) is 36.1 Å². The fourth-order valence-electron chi connectivity index (χ4n) is 1.25. The number of hydrogen-bond acceptors (Lipinski definition) is 4. The minimum atomic E-state index is -0.376. The summed E-state index contributed by atoms with van der Waals surface area (Å²) in [5, 5.41) is 0. The summed E-state index contributed by atoms with van der Waals surface area (Å²) in [5.74, 6) is 0.972. The second kappa shape index (κ2) is 7.37. The summed E-state index contributed by atoms with van der Waals surface area (Å²) in [5.41, 5.74) is 0.415. The first-order valence-corrected chi connectivity index (χ1v) is 5.90. The van der Waals surface area contributed by atoms with Gasteiger partial charge in [-0.2, -0.15) is 0 Å². The molecule has 0 bridgehead atoms. The van der Waals surface area contributed by atoms with Crippen molar-refractivity contribution in [2.45, 2.75) is 20.8 Å². The van der Waals surface area contributed by atoms with Crippen molar-refractivity contribution in [1.82, 2.24) is 0 Å². The second-order valence-electron chi connectivity index (χ2n) is 3.55. The predicted molar refractivity (Wildman–Crippen MR) is 68.6 cm³/mol. The van der Waals surface area contributed by atoms with Gasteiger partial charge in [-0.25, -0.2) is 4.79 Å². The van der Waals surface area contributed by atoms with Crippen LogP contribution in [0.3, 0.4) is 0 Å². The SMILES string of the molecule is CCOC(=O)C(C)=COc1cccc(OCC)c1.